The third-order valence-electron chi connectivity index (χ3n) is 3.53. The van der Waals surface area contributed by atoms with Crippen molar-refractivity contribution in [3.05, 3.63) is 0 Å². The molecule has 0 aromatic rings. The number of carboxylic acid groups (broad SMARTS) is 1. The van der Waals surface area contributed by atoms with E-state index < -0.39 is 12.0 Å². The number of urea groups is 1. The number of carboxylic acids is 1. The maximum Gasteiger partial charge on any atom is 0.326 e. The lowest BCUT2D eigenvalue weighted by atomic mass is 10.1. The van der Waals surface area contributed by atoms with Crippen LogP contribution < -0.4 is 5.32 Å². The molecule has 0 bridgehead atoms. The Morgan fingerprint density at radius 3 is 2.50 bits per heavy atom. The lowest BCUT2D eigenvalue weighted by molar-refractivity contribution is -0.139. The minimum atomic E-state index is -0.959. The van der Waals surface area contributed by atoms with Gasteiger partial charge in [0.25, 0.3) is 0 Å². The number of hydrogen-bond acceptors (Lipinski definition) is 2. The zero-order valence-corrected chi connectivity index (χ0v) is 11.3. The van der Waals surface area contributed by atoms with E-state index in [1.54, 1.807) is 11.9 Å². The molecule has 1 fully saturated rings. The summed E-state index contributed by atoms with van der Waals surface area (Å²) in [7, 11) is 1.73. The number of aliphatic carboxylic acids is 1. The first kappa shape index (κ1) is 14.8. The van der Waals surface area contributed by atoms with E-state index in [0.717, 1.165) is 13.0 Å². The number of carbonyl (C=O) groups excluding carboxylic acids is 1. The molecule has 5 nitrogen and oxygen atoms in total. The monoisotopic (exact) mass is 256 g/mol. The van der Waals surface area contributed by atoms with E-state index in [9.17, 15) is 9.59 Å². The summed E-state index contributed by atoms with van der Waals surface area (Å²) < 4.78 is 0. The van der Waals surface area contributed by atoms with E-state index in [4.69, 9.17) is 5.11 Å². The van der Waals surface area contributed by atoms with Gasteiger partial charge in [0.1, 0.15) is 6.04 Å². The fourth-order valence-electron chi connectivity index (χ4n) is 2.47. The van der Waals surface area contributed by atoms with Gasteiger partial charge >= 0.3 is 12.0 Å². The van der Waals surface area contributed by atoms with Gasteiger partial charge in [0.15, 0.2) is 0 Å². The molecule has 104 valence electrons. The molecule has 0 heterocycles. The summed E-state index contributed by atoms with van der Waals surface area (Å²) in [6, 6.07) is -1.05. The summed E-state index contributed by atoms with van der Waals surface area (Å²) in [4.78, 5) is 24.4. The summed E-state index contributed by atoms with van der Waals surface area (Å²) in [5.74, 6) is -0.380. The van der Waals surface area contributed by atoms with Crippen molar-refractivity contribution in [3.63, 3.8) is 0 Å². The van der Waals surface area contributed by atoms with E-state index in [-0.39, 0.29) is 6.03 Å². The standard InChI is InChI=1S/C13H24N2O3/c1-3-6-11(12(16)17)14-13(18)15(2)9-10-7-4-5-8-10/h10-11H,3-9H2,1-2H3,(H,14,18)(H,16,17)/t11-/m1/s1. The van der Waals surface area contributed by atoms with E-state index >= 15 is 0 Å². The summed E-state index contributed by atoms with van der Waals surface area (Å²) in [5, 5.41) is 11.6. The molecule has 0 radical (unpaired) electrons. The van der Waals surface area contributed by atoms with Crippen molar-refractivity contribution < 1.29 is 14.7 Å². The highest BCUT2D eigenvalue weighted by Crippen LogP contribution is 2.25. The predicted octanol–water partition coefficient (Wildman–Crippen LogP) is 2.07. The predicted molar refractivity (Wildman–Crippen MR) is 69.5 cm³/mol. The van der Waals surface area contributed by atoms with Crippen molar-refractivity contribution >= 4 is 12.0 Å². The first-order valence-corrected chi connectivity index (χ1v) is 6.79. The largest absolute Gasteiger partial charge is 0.480 e. The fraction of sp³-hybridized carbons (Fsp3) is 0.846. The van der Waals surface area contributed by atoms with E-state index in [2.05, 4.69) is 5.32 Å². The number of amides is 2. The molecule has 1 aliphatic carbocycles. The summed E-state index contributed by atoms with van der Waals surface area (Å²) in [6.07, 6.45) is 6.05. The zero-order chi connectivity index (χ0) is 13.5. The molecule has 0 aromatic heterocycles. The Balaban J connectivity index is 2.39. The second-order valence-corrected chi connectivity index (χ2v) is 5.16. The number of carbonyl (C=O) groups is 2. The Hall–Kier alpha value is -1.26. The Kier molecular flexibility index (Phi) is 5.95. The molecule has 0 aromatic carbocycles. The highest BCUT2D eigenvalue weighted by molar-refractivity contribution is 5.82. The Morgan fingerprint density at radius 2 is 2.00 bits per heavy atom. The molecule has 2 N–H and O–H groups in total. The smallest absolute Gasteiger partial charge is 0.326 e. The highest BCUT2D eigenvalue weighted by Gasteiger charge is 2.23. The molecule has 1 atom stereocenters. The van der Waals surface area contributed by atoms with Crippen LogP contribution in [0.4, 0.5) is 4.79 Å². The van der Waals surface area contributed by atoms with Crippen LogP contribution in [0, 0.1) is 5.92 Å². The molecule has 1 saturated carbocycles. The van der Waals surface area contributed by atoms with E-state index in [0.29, 0.717) is 12.3 Å². The van der Waals surface area contributed by atoms with Crippen molar-refractivity contribution in [2.45, 2.75) is 51.5 Å². The Labute approximate surface area is 109 Å². The molecule has 2 amide bonds. The van der Waals surface area contributed by atoms with E-state index in [1.165, 1.54) is 25.7 Å². The van der Waals surface area contributed by atoms with Gasteiger partial charge in [-0.1, -0.05) is 26.2 Å². The maximum absolute atomic E-state index is 11.9. The fourth-order valence-corrected chi connectivity index (χ4v) is 2.47. The van der Waals surface area contributed by atoms with Gasteiger partial charge in [-0.25, -0.2) is 9.59 Å². The maximum atomic E-state index is 11.9. The van der Waals surface area contributed by atoms with Crippen LogP contribution >= 0.6 is 0 Å². The van der Waals surface area contributed by atoms with Gasteiger partial charge in [0, 0.05) is 13.6 Å². The number of nitrogens with one attached hydrogen (secondary N) is 1. The SMILES string of the molecule is CCC[C@@H](NC(=O)N(C)CC1CCCC1)C(=O)O. The highest BCUT2D eigenvalue weighted by atomic mass is 16.4. The lowest BCUT2D eigenvalue weighted by Gasteiger charge is -2.23. The van der Waals surface area contributed by atoms with Crippen molar-refractivity contribution in [2.75, 3.05) is 13.6 Å². The minimum absolute atomic E-state index is 0.275. The Bertz CT molecular complexity index is 288. The van der Waals surface area contributed by atoms with Gasteiger partial charge in [0.05, 0.1) is 0 Å². The molecule has 5 heteroatoms. The van der Waals surface area contributed by atoms with Crippen LogP contribution in [0.25, 0.3) is 0 Å². The first-order valence-electron chi connectivity index (χ1n) is 6.79. The molecule has 18 heavy (non-hydrogen) atoms. The normalized spacial score (nSPS) is 17.4. The molecule has 0 aliphatic heterocycles. The quantitative estimate of drug-likeness (QED) is 0.764. The summed E-state index contributed by atoms with van der Waals surface area (Å²) >= 11 is 0. The summed E-state index contributed by atoms with van der Waals surface area (Å²) in [6.45, 7) is 2.63. The molecular weight excluding hydrogens is 232 g/mol. The van der Waals surface area contributed by atoms with Gasteiger partial charge < -0.3 is 15.3 Å². The van der Waals surface area contributed by atoms with Crippen LogP contribution in [-0.4, -0.2) is 41.6 Å². The average Bonchev–Trinajstić information content (AvgIpc) is 2.80. The molecule has 0 spiro atoms. The lowest BCUT2D eigenvalue weighted by Crippen LogP contribution is -2.47. The minimum Gasteiger partial charge on any atom is -0.480 e. The van der Waals surface area contributed by atoms with Gasteiger partial charge in [-0.3, -0.25) is 0 Å². The van der Waals surface area contributed by atoms with Crippen molar-refractivity contribution in [3.8, 4) is 0 Å². The van der Waals surface area contributed by atoms with Crippen LogP contribution in [0.3, 0.4) is 0 Å². The van der Waals surface area contributed by atoms with Gasteiger partial charge in [0.2, 0.25) is 0 Å². The van der Waals surface area contributed by atoms with Crippen molar-refractivity contribution in [2.24, 2.45) is 5.92 Å². The van der Waals surface area contributed by atoms with Gasteiger partial charge in [-0.2, -0.15) is 0 Å². The Morgan fingerprint density at radius 1 is 1.39 bits per heavy atom. The van der Waals surface area contributed by atoms with Crippen molar-refractivity contribution in [1.82, 2.24) is 10.2 Å². The molecule has 1 rings (SSSR count). The molecule has 0 saturated heterocycles. The van der Waals surface area contributed by atoms with Crippen LogP contribution in [0.5, 0.6) is 0 Å². The summed E-state index contributed by atoms with van der Waals surface area (Å²) in [5.41, 5.74) is 0. The topological polar surface area (TPSA) is 69.6 Å². The third-order valence-corrected chi connectivity index (χ3v) is 3.53. The second-order valence-electron chi connectivity index (χ2n) is 5.16. The molecule has 0 unspecified atom stereocenters. The van der Waals surface area contributed by atoms with Crippen molar-refractivity contribution in [1.29, 1.82) is 0 Å². The van der Waals surface area contributed by atoms with Crippen LogP contribution in [-0.2, 0) is 4.79 Å². The van der Waals surface area contributed by atoms with Crippen LogP contribution in [0.1, 0.15) is 45.4 Å². The zero-order valence-electron chi connectivity index (χ0n) is 11.3. The molecule has 1 aliphatic rings. The second kappa shape index (κ2) is 7.24. The number of hydrogen-bond donors (Lipinski definition) is 2. The van der Waals surface area contributed by atoms with E-state index in [1.807, 2.05) is 6.92 Å². The first-order chi connectivity index (χ1) is 8.54. The van der Waals surface area contributed by atoms with Gasteiger partial charge in [-0.05, 0) is 25.2 Å². The molecular formula is C13H24N2O3. The number of nitrogens with zero attached hydrogens (tertiary/aromatic N) is 1. The van der Waals surface area contributed by atoms with Crippen LogP contribution in [0.2, 0.25) is 0 Å². The van der Waals surface area contributed by atoms with Crippen LogP contribution in [0.15, 0.2) is 0 Å². The van der Waals surface area contributed by atoms with Gasteiger partial charge in [-0.15, -0.1) is 0 Å². The average molecular weight is 256 g/mol. The third kappa shape index (κ3) is 4.55. The number of rotatable bonds is 6.